The molecule has 0 saturated carbocycles. The zero-order chi connectivity index (χ0) is 11.6. The van der Waals surface area contributed by atoms with Crippen LogP contribution in [0.1, 0.15) is 25.5 Å². The summed E-state index contributed by atoms with van der Waals surface area (Å²) in [4.78, 5) is 0. The first-order chi connectivity index (χ1) is 6.88. The third-order valence-electron chi connectivity index (χ3n) is 2.60. The van der Waals surface area contributed by atoms with Crippen LogP contribution in [-0.4, -0.2) is 21.9 Å². The summed E-state index contributed by atoms with van der Waals surface area (Å²) in [7, 11) is 0. The molecule has 1 aromatic carbocycles. The molecule has 0 aromatic heterocycles. The summed E-state index contributed by atoms with van der Waals surface area (Å²) in [6, 6.07) is 3.78. The minimum absolute atomic E-state index is 0. The van der Waals surface area contributed by atoms with Gasteiger partial charge in [0.1, 0.15) is 11.5 Å². The summed E-state index contributed by atoms with van der Waals surface area (Å²) >= 11 is 0. The van der Waals surface area contributed by atoms with Gasteiger partial charge in [-0.3, -0.25) is 0 Å². The van der Waals surface area contributed by atoms with Gasteiger partial charge in [-0.05, 0) is 6.07 Å². The monoisotopic (exact) mass is 247 g/mol. The van der Waals surface area contributed by atoms with Crippen molar-refractivity contribution in [2.24, 2.45) is 11.1 Å². The van der Waals surface area contributed by atoms with E-state index in [0.29, 0.717) is 5.56 Å². The zero-order valence-electron chi connectivity index (χ0n) is 9.34. The van der Waals surface area contributed by atoms with Crippen LogP contribution in [0.3, 0.4) is 0 Å². The van der Waals surface area contributed by atoms with Gasteiger partial charge in [-0.1, -0.05) is 19.9 Å². The smallest absolute Gasteiger partial charge is 0.124 e. The Morgan fingerprint density at radius 1 is 1.31 bits per heavy atom. The number of aliphatic hydroxyl groups is 1. The van der Waals surface area contributed by atoms with Gasteiger partial charge in [0.05, 0.1) is 0 Å². The molecule has 92 valence electrons. The Hall–Kier alpha value is -0.970. The second-order valence-corrected chi connectivity index (χ2v) is 4.37. The molecule has 0 radical (unpaired) electrons. The van der Waals surface area contributed by atoms with E-state index in [9.17, 15) is 5.11 Å². The van der Waals surface area contributed by atoms with Crippen molar-refractivity contribution in [3.8, 4) is 11.5 Å². The van der Waals surface area contributed by atoms with Crippen LogP contribution in [0.5, 0.6) is 11.5 Å². The van der Waals surface area contributed by atoms with Crippen molar-refractivity contribution in [3.05, 3.63) is 23.8 Å². The summed E-state index contributed by atoms with van der Waals surface area (Å²) in [6.07, 6.45) is 0. The third kappa shape index (κ3) is 3.01. The lowest BCUT2D eigenvalue weighted by molar-refractivity contribution is 0.131. The summed E-state index contributed by atoms with van der Waals surface area (Å²) < 4.78 is 0. The normalized spacial score (nSPS) is 13.0. The molecule has 5 N–H and O–H groups in total. The topological polar surface area (TPSA) is 86.7 Å². The van der Waals surface area contributed by atoms with Crippen LogP contribution < -0.4 is 5.73 Å². The molecule has 0 aliphatic heterocycles. The number of phenolic OH excluding ortho intramolecular Hbond substituents is 2. The molecular weight excluding hydrogens is 230 g/mol. The van der Waals surface area contributed by atoms with Crippen LogP contribution in [0.4, 0.5) is 0 Å². The highest BCUT2D eigenvalue weighted by Crippen LogP contribution is 2.36. The van der Waals surface area contributed by atoms with Crippen molar-refractivity contribution in [1.29, 1.82) is 0 Å². The molecule has 0 spiro atoms. The van der Waals surface area contributed by atoms with E-state index in [-0.39, 0.29) is 30.5 Å². The maximum Gasteiger partial charge on any atom is 0.124 e. The van der Waals surface area contributed by atoms with Gasteiger partial charge in [-0.25, -0.2) is 0 Å². The van der Waals surface area contributed by atoms with Gasteiger partial charge >= 0.3 is 0 Å². The van der Waals surface area contributed by atoms with Gasteiger partial charge in [0.15, 0.2) is 0 Å². The van der Waals surface area contributed by atoms with E-state index in [0.717, 1.165) is 0 Å². The first kappa shape index (κ1) is 15.0. The van der Waals surface area contributed by atoms with Crippen molar-refractivity contribution in [3.63, 3.8) is 0 Å². The third-order valence-corrected chi connectivity index (χ3v) is 2.60. The fraction of sp³-hybridized carbons (Fsp3) is 0.455. The fourth-order valence-electron chi connectivity index (χ4n) is 1.31. The standard InChI is InChI=1S/C11H17NO3.ClH/c1-11(2,6-13)10(12)8-4-3-7(14)5-9(8)15;/h3-5,10,13-15H,6,12H2,1-2H3;1H/t10-;/m0./s1. The molecule has 5 heteroatoms. The molecule has 16 heavy (non-hydrogen) atoms. The highest BCUT2D eigenvalue weighted by Gasteiger charge is 2.28. The maximum atomic E-state index is 9.60. The van der Waals surface area contributed by atoms with E-state index in [1.807, 2.05) is 13.8 Å². The number of aliphatic hydroxyl groups excluding tert-OH is 1. The van der Waals surface area contributed by atoms with Gasteiger partial charge in [-0.2, -0.15) is 0 Å². The molecule has 0 amide bonds. The maximum absolute atomic E-state index is 9.60. The number of halogens is 1. The van der Waals surface area contributed by atoms with E-state index in [1.165, 1.54) is 12.1 Å². The Morgan fingerprint density at radius 3 is 2.31 bits per heavy atom. The van der Waals surface area contributed by atoms with E-state index >= 15 is 0 Å². The van der Waals surface area contributed by atoms with Gasteiger partial charge in [-0.15, -0.1) is 12.4 Å². The predicted molar refractivity (Wildman–Crippen MR) is 64.8 cm³/mol. The molecule has 0 fully saturated rings. The number of aromatic hydroxyl groups is 2. The average Bonchev–Trinajstić information content (AvgIpc) is 2.17. The van der Waals surface area contributed by atoms with E-state index in [4.69, 9.17) is 15.9 Å². The van der Waals surface area contributed by atoms with Crippen LogP contribution >= 0.6 is 12.4 Å². The van der Waals surface area contributed by atoms with Crippen LogP contribution in [-0.2, 0) is 0 Å². The summed E-state index contributed by atoms with van der Waals surface area (Å²) in [5, 5.41) is 27.9. The molecule has 0 bridgehead atoms. The quantitative estimate of drug-likeness (QED) is 0.653. The number of hydrogen-bond acceptors (Lipinski definition) is 4. The molecule has 1 atom stereocenters. The summed E-state index contributed by atoms with van der Waals surface area (Å²) in [5.41, 5.74) is 5.93. The first-order valence-corrected chi connectivity index (χ1v) is 4.77. The molecule has 0 saturated heterocycles. The Kier molecular flexibility index (Phi) is 5.06. The number of phenols is 2. The number of nitrogens with two attached hydrogens (primary N) is 1. The lowest BCUT2D eigenvalue weighted by Gasteiger charge is -2.30. The van der Waals surface area contributed by atoms with Crippen molar-refractivity contribution < 1.29 is 15.3 Å². The Balaban J connectivity index is 0.00000225. The molecular formula is C11H18ClNO3. The molecule has 0 unspecified atom stereocenters. The van der Waals surface area contributed by atoms with Crippen molar-refractivity contribution in [2.75, 3.05) is 6.61 Å². The van der Waals surface area contributed by atoms with Gasteiger partial charge in [0.25, 0.3) is 0 Å². The van der Waals surface area contributed by atoms with E-state index in [2.05, 4.69) is 0 Å². The molecule has 0 aliphatic rings. The largest absolute Gasteiger partial charge is 0.508 e. The predicted octanol–water partition coefficient (Wildman–Crippen LogP) is 1.54. The highest BCUT2D eigenvalue weighted by atomic mass is 35.5. The Morgan fingerprint density at radius 2 is 1.88 bits per heavy atom. The minimum Gasteiger partial charge on any atom is -0.508 e. The van der Waals surface area contributed by atoms with E-state index < -0.39 is 11.5 Å². The fourth-order valence-corrected chi connectivity index (χ4v) is 1.31. The van der Waals surface area contributed by atoms with Crippen LogP contribution in [0, 0.1) is 5.41 Å². The van der Waals surface area contributed by atoms with Crippen molar-refractivity contribution in [1.82, 2.24) is 0 Å². The number of rotatable bonds is 3. The first-order valence-electron chi connectivity index (χ1n) is 4.77. The number of hydrogen-bond donors (Lipinski definition) is 4. The average molecular weight is 248 g/mol. The Labute approximate surface area is 101 Å². The minimum atomic E-state index is -0.519. The van der Waals surface area contributed by atoms with Crippen molar-refractivity contribution in [2.45, 2.75) is 19.9 Å². The summed E-state index contributed by atoms with van der Waals surface area (Å²) in [5.74, 6) is -0.0609. The molecule has 0 heterocycles. The number of benzene rings is 1. The lowest BCUT2D eigenvalue weighted by Crippen LogP contribution is -2.32. The molecule has 0 aliphatic carbocycles. The highest BCUT2D eigenvalue weighted by molar-refractivity contribution is 5.85. The van der Waals surface area contributed by atoms with Crippen LogP contribution in [0.15, 0.2) is 18.2 Å². The van der Waals surface area contributed by atoms with Gasteiger partial charge in [0.2, 0.25) is 0 Å². The molecule has 4 nitrogen and oxygen atoms in total. The van der Waals surface area contributed by atoms with Gasteiger partial charge in [0, 0.05) is 29.7 Å². The van der Waals surface area contributed by atoms with E-state index in [1.54, 1.807) is 6.07 Å². The second kappa shape index (κ2) is 5.39. The van der Waals surface area contributed by atoms with Crippen molar-refractivity contribution >= 4 is 12.4 Å². The lowest BCUT2D eigenvalue weighted by atomic mass is 9.81. The summed E-state index contributed by atoms with van der Waals surface area (Å²) in [6.45, 7) is 3.54. The van der Waals surface area contributed by atoms with Crippen LogP contribution in [0.25, 0.3) is 0 Å². The van der Waals surface area contributed by atoms with Crippen LogP contribution in [0.2, 0.25) is 0 Å². The Bertz CT molecular complexity index is 355. The molecule has 1 rings (SSSR count). The second-order valence-electron chi connectivity index (χ2n) is 4.37. The molecule has 1 aromatic rings. The van der Waals surface area contributed by atoms with Gasteiger partial charge < -0.3 is 21.1 Å². The SMILES string of the molecule is CC(C)(CO)[C@@H](N)c1ccc(O)cc1O.Cl. The zero-order valence-corrected chi connectivity index (χ0v) is 10.2.